The van der Waals surface area contributed by atoms with Gasteiger partial charge in [-0.25, -0.2) is 4.79 Å². The molecule has 0 radical (unpaired) electrons. The first kappa shape index (κ1) is 8.25. The van der Waals surface area contributed by atoms with E-state index in [2.05, 4.69) is 25.9 Å². The molecule has 0 aromatic carbocycles. The monoisotopic (exact) mass is 240 g/mol. The van der Waals surface area contributed by atoms with E-state index in [1.807, 2.05) is 0 Å². The van der Waals surface area contributed by atoms with Gasteiger partial charge in [-0.05, 0) is 22.0 Å². The first-order valence-corrected chi connectivity index (χ1v) is 4.33. The molecule has 4 nitrogen and oxygen atoms in total. The van der Waals surface area contributed by atoms with Crippen LogP contribution in [-0.4, -0.2) is 21.0 Å². The molecule has 0 atom stereocenters. The average molecular weight is 241 g/mol. The first-order chi connectivity index (χ1) is 6.18. The zero-order chi connectivity index (χ0) is 9.42. The number of carboxylic acids is 1. The van der Waals surface area contributed by atoms with Gasteiger partial charge in [0.05, 0.1) is 11.7 Å². The van der Waals surface area contributed by atoms with Crippen LogP contribution in [-0.2, 0) is 0 Å². The largest absolute Gasteiger partial charge is 0.477 e. The molecule has 2 aromatic rings. The molecule has 0 unspecified atom stereocenters. The number of hydrogen-bond acceptors (Lipinski definition) is 2. The van der Waals surface area contributed by atoms with Crippen LogP contribution in [0, 0.1) is 0 Å². The van der Waals surface area contributed by atoms with Crippen LogP contribution in [0.15, 0.2) is 22.9 Å². The van der Waals surface area contributed by atoms with E-state index in [9.17, 15) is 4.79 Å². The topological polar surface area (TPSA) is 66.0 Å². The lowest BCUT2D eigenvalue weighted by molar-refractivity contribution is 0.0691. The van der Waals surface area contributed by atoms with Crippen molar-refractivity contribution in [2.75, 3.05) is 0 Å². The number of H-pyrrole nitrogens is 1. The van der Waals surface area contributed by atoms with Gasteiger partial charge in [0.2, 0.25) is 0 Å². The third-order valence-electron chi connectivity index (χ3n) is 1.73. The molecule has 2 rings (SSSR count). The number of aromatic nitrogens is 2. The second-order valence-electron chi connectivity index (χ2n) is 2.57. The zero-order valence-corrected chi connectivity index (χ0v) is 8.00. The molecule has 0 fully saturated rings. The van der Waals surface area contributed by atoms with E-state index in [0.29, 0.717) is 5.52 Å². The van der Waals surface area contributed by atoms with Crippen LogP contribution in [0.3, 0.4) is 0 Å². The van der Waals surface area contributed by atoms with Crippen molar-refractivity contribution in [1.82, 2.24) is 9.97 Å². The maximum atomic E-state index is 10.6. The summed E-state index contributed by atoms with van der Waals surface area (Å²) in [5.74, 6) is -0.969. The summed E-state index contributed by atoms with van der Waals surface area (Å²) in [7, 11) is 0. The van der Waals surface area contributed by atoms with Crippen molar-refractivity contribution in [3.05, 3.63) is 28.6 Å². The van der Waals surface area contributed by atoms with E-state index in [1.54, 1.807) is 18.5 Å². The Labute approximate surface area is 81.7 Å². The Hall–Kier alpha value is -1.36. The Morgan fingerprint density at radius 1 is 1.54 bits per heavy atom. The summed E-state index contributed by atoms with van der Waals surface area (Å²) < 4.78 is 0.786. The molecule has 2 aromatic heterocycles. The Morgan fingerprint density at radius 3 is 2.92 bits per heavy atom. The van der Waals surface area contributed by atoms with Crippen molar-refractivity contribution in [2.45, 2.75) is 0 Å². The van der Waals surface area contributed by atoms with E-state index < -0.39 is 5.97 Å². The second kappa shape index (κ2) is 2.85. The summed E-state index contributed by atoms with van der Waals surface area (Å²) in [5.41, 5.74) is 0.885. The van der Waals surface area contributed by atoms with E-state index in [1.165, 1.54) is 0 Å². The summed E-state index contributed by atoms with van der Waals surface area (Å²) in [6, 6.07) is 1.57. The predicted molar refractivity (Wildman–Crippen MR) is 50.8 cm³/mol. The number of aromatic carboxylic acids is 1. The highest BCUT2D eigenvalue weighted by molar-refractivity contribution is 9.10. The molecule has 2 N–H and O–H groups in total. The Balaban J connectivity index is 2.75. The zero-order valence-electron chi connectivity index (χ0n) is 6.41. The molecule has 0 bridgehead atoms. The molecule has 0 spiro atoms. The number of nitrogens with one attached hydrogen (secondary N) is 1. The number of halogens is 1. The van der Waals surface area contributed by atoms with Gasteiger partial charge in [0.25, 0.3) is 0 Å². The Kier molecular flexibility index (Phi) is 1.81. The third-order valence-corrected chi connectivity index (χ3v) is 2.36. The highest BCUT2D eigenvalue weighted by Crippen LogP contribution is 2.22. The van der Waals surface area contributed by atoms with Gasteiger partial charge in [0.15, 0.2) is 0 Å². The molecule has 66 valence electrons. The molecule has 0 aliphatic rings. The van der Waals surface area contributed by atoms with Crippen LogP contribution in [0.2, 0.25) is 0 Å². The highest BCUT2D eigenvalue weighted by Gasteiger charge is 2.08. The first-order valence-electron chi connectivity index (χ1n) is 3.54. The van der Waals surface area contributed by atoms with Crippen LogP contribution >= 0.6 is 15.9 Å². The molecular formula is C8H5BrN2O2. The van der Waals surface area contributed by atoms with Gasteiger partial charge >= 0.3 is 5.97 Å². The number of nitrogens with zero attached hydrogens (tertiary/aromatic N) is 1. The highest BCUT2D eigenvalue weighted by atomic mass is 79.9. The number of carbonyl (C=O) groups is 1. The molecule has 13 heavy (non-hydrogen) atoms. The quantitative estimate of drug-likeness (QED) is 0.802. The molecule has 0 saturated carbocycles. The number of aromatic amines is 1. The molecular weight excluding hydrogens is 236 g/mol. The fourth-order valence-electron chi connectivity index (χ4n) is 1.13. The summed E-state index contributed by atoms with van der Waals surface area (Å²) in [6.45, 7) is 0. The van der Waals surface area contributed by atoms with Crippen LogP contribution < -0.4 is 0 Å². The van der Waals surface area contributed by atoms with E-state index >= 15 is 0 Å². The lowest BCUT2D eigenvalue weighted by atomic mass is 10.3. The third kappa shape index (κ3) is 1.31. The molecule has 5 heteroatoms. The van der Waals surface area contributed by atoms with Gasteiger partial charge in [0, 0.05) is 16.1 Å². The number of pyridine rings is 1. The van der Waals surface area contributed by atoms with Crippen molar-refractivity contribution in [1.29, 1.82) is 0 Å². The SMILES string of the molecule is O=C(O)c1cc2c(Br)cncc2[nH]1. The predicted octanol–water partition coefficient (Wildman–Crippen LogP) is 2.02. The number of hydrogen-bond donors (Lipinski definition) is 2. The Bertz CT molecular complexity index is 478. The van der Waals surface area contributed by atoms with Gasteiger partial charge in [0.1, 0.15) is 5.69 Å². The normalized spacial score (nSPS) is 10.5. The van der Waals surface area contributed by atoms with E-state index in [0.717, 1.165) is 9.86 Å². The van der Waals surface area contributed by atoms with E-state index in [-0.39, 0.29) is 5.69 Å². The smallest absolute Gasteiger partial charge is 0.352 e. The number of rotatable bonds is 1. The summed E-state index contributed by atoms with van der Waals surface area (Å²) in [4.78, 5) is 17.3. The van der Waals surface area contributed by atoms with Gasteiger partial charge in [-0.15, -0.1) is 0 Å². The standard InChI is InChI=1S/C8H5BrN2O2/c9-5-2-10-3-7-4(5)1-6(11-7)8(12)13/h1-3,11H,(H,12,13). The van der Waals surface area contributed by atoms with Gasteiger partial charge in [-0.3, -0.25) is 4.98 Å². The molecule has 0 aliphatic heterocycles. The van der Waals surface area contributed by atoms with Crippen LogP contribution in [0.5, 0.6) is 0 Å². The van der Waals surface area contributed by atoms with Crippen molar-refractivity contribution in [3.63, 3.8) is 0 Å². The van der Waals surface area contributed by atoms with Crippen molar-refractivity contribution in [2.24, 2.45) is 0 Å². The van der Waals surface area contributed by atoms with Crippen LogP contribution in [0.4, 0.5) is 0 Å². The maximum Gasteiger partial charge on any atom is 0.352 e. The molecule has 0 amide bonds. The molecule has 0 aliphatic carbocycles. The number of fused-ring (bicyclic) bond motifs is 1. The lowest BCUT2D eigenvalue weighted by Crippen LogP contribution is -1.94. The summed E-state index contributed by atoms with van der Waals surface area (Å²) >= 11 is 3.28. The van der Waals surface area contributed by atoms with Crippen LogP contribution in [0.1, 0.15) is 10.5 Å². The van der Waals surface area contributed by atoms with Gasteiger partial charge < -0.3 is 10.1 Å². The minimum absolute atomic E-state index is 0.170. The van der Waals surface area contributed by atoms with Crippen molar-refractivity contribution < 1.29 is 9.90 Å². The van der Waals surface area contributed by atoms with Gasteiger partial charge in [-0.2, -0.15) is 0 Å². The minimum Gasteiger partial charge on any atom is -0.477 e. The minimum atomic E-state index is -0.969. The number of carboxylic acid groups (broad SMARTS) is 1. The van der Waals surface area contributed by atoms with Crippen molar-refractivity contribution in [3.8, 4) is 0 Å². The summed E-state index contributed by atoms with van der Waals surface area (Å²) in [5, 5.41) is 9.54. The fraction of sp³-hybridized carbons (Fsp3) is 0. The van der Waals surface area contributed by atoms with Gasteiger partial charge in [-0.1, -0.05) is 0 Å². The average Bonchev–Trinajstić information content (AvgIpc) is 2.49. The Morgan fingerprint density at radius 2 is 2.31 bits per heavy atom. The fourth-order valence-corrected chi connectivity index (χ4v) is 1.58. The van der Waals surface area contributed by atoms with Crippen LogP contribution in [0.25, 0.3) is 10.9 Å². The maximum absolute atomic E-state index is 10.6. The lowest BCUT2D eigenvalue weighted by Gasteiger charge is -1.89. The molecule has 0 saturated heterocycles. The molecule has 2 heterocycles. The second-order valence-corrected chi connectivity index (χ2v) is 3.43. The summed E-state index contributed by atoms with van der Waals surface area (Å²) in [6.07, 6.45) is 3.22. The van der Waals surface area contributed by atoms with Crippen molar-refractivity contribution >= 4 is 32.8 Å². The van der Waals surface area contributed by atoms with E-state index in [4.69, 9.17) is 5.11 Å².